The number of rotatable bonds is 3. The largest absolute Gasteiger partial charge is 2.00 e. The van der Waals surface area contributed by atoms with Crippen LogP contribution in [0.1, 0.15) is 20.8 Å². The van der Waals surface area contributed by atoms with E-state index in [1.54, 1.807) is 0 Å². The molecule has 2 fully saturated rings. The third kappa shape index (κ3) is 5.05. The Morgan fingerprint density at radius 3 is 1.92 bits per heavy atom. The summed E-state index contributed by atoms with van der Waals surface area (Å²) in [6.45, 7) is 0. The summed E-state index contributed by atoms with van der Waals surface area (Å²) in [6.07, 6.45) is 18.0. The summed E-state index contributed by atoms with van der Waals surface area (Å²) in [4.78, 5) is 13.2. The topological polar surface area (TPSA) is 17.1 Å². The molecule has 0 amide bonds. The molecule has 2 aromatic rings. The maximum atomic E-state index is 12.4. The van der Waals surface area contributed by atoms with Gasteiger partial charge in [0.05, 0.1) is 4.88 Å². The van der Waals surface area contributed by atoms with E-state index in [4.69, 9.17) is 0 Å². The Morgan fingerprint density at radius 1 is 0.750 bits per heavy atom. The van der Waals surface area contributed by atoms with E-state index in [1.165, 1.54) is 11.3 Å². The van der Waals surface area contributed by atoms with E-state index in [1.807, 2.05) is 99.6 Å². The first-order valence-corrected chi connectivity index (χ1v) is 8.30. The summed E-state index contributed by atoms with van der Waals surface area (Å²) < 4.78 is 0. The fourth-order valence-electron chi connectivity index (χ4n) is 2.31. The Kier molecular flexibility index (Phi) is 8.24. The minimum Gasteiger partial charge on any atom is -0.288 e. The Balaban J connectivity index is 0.000000300. The van der Waals surface area contributed by atoms with Crippen molar-refractivity contribution in [3.05, 3.63) is 121 Å². The smallest absolute Gasteiger partial charge is 0.288 e. The monoisotopic (exact) mass is 372 g/mol. The molecule has 24 heavy (non-hydrogen) atoms. The minimum atomic E-state index is 0. The van der Waals surface area contributed by atoms with Crippen molar-refractivity contribution in [3.8, 4) is 0 Å². The van der Waals surface area contributed by atoms with Gasteiger partial charge in [-0.2, -0.15) is 0 Å². The van der Waals surface area contributed by atoms with Gasteiger partial charge in [-0.1, -0.05) is 30.3 Å². The standard InChI is InChI=1S/C16H11OS.C5H5.Fe/c17-15(13-8-2-1-3-9-13)16-14(10-11-18-16)12-6-4-5-7-12;1-2-4-5-3-1;/h1-11H;1-5H;/q;;+2. The Labute approximate surface area is 160 Å². The number of carbonyl (C=O) groups excluding carboxylic acids is 1. The van der Waals surface area contributed by atoms with Gasteiger partial charge in [-0.3, -0.25) is 4.79 Å². The number of ketones is 1. The molecule has 4 rings (SSSR count). The molecule has 118 valence electrons. The van der Waals surface area contributed by atoms with Crippen LogP contribution >= 0.6 is 11.3 Å². The molecule has 0 atom stereocenters. The molecule has 2 saturated carbocycles. The van der Waals surface area contributed by atoms with Crippen LogP contribution in [0.4, 0.5) is 0 Å². The molecule has 0 spiro atoms. The van der Waals surface area contributed by atoms with Crippen LogP contribution in [0.25, 0.3) is 0 Å². The molecule has 2 aliphatic carbocycles. The van der Waals surface area contributed by atoms with E-state index >= 15 is 0 Å². The Hall–Kier alpha value is -0.891. The maximum absolute atomic E-state index is 12.4. The van der Waals surface area contributed by atoms with Gasteiger partial charge in [0.15, 0.2) is 0 Å². The van der Waals surface area contributed by atoms with Crippen molar-refractivity contribution in [2.75, 3.05) is 0 Å². The summed E-state index contributed by atoms with van der Waals surface area (Å²) in [5.41, 5.74) is 1.77. The summed E-state index contributed by atoms with van der Waals surface area (Å²) in [5.74, 6) is 1.21. The molecule has 3 heteroatoms. The van der Waals surface area contributed by atoms with Crippen LogP contribution in [0.5, 0.6) is 0 Å². The normalized spacial score (nSPS) is 17.0. The molecular weight excluding hydrogens is 356 g/mol. The zero-order valence-electron chi connectivity index (χ0n) is 12.9. The summed E-state index contributed by atoms with van der Waals surface area (Å²) in [6, 6.07) is 11.4. The van der Waals surface area contributed by atoms with Crippen molar-refractivity contribution in [2.45, 2.75) is 0 Å². The van der Waals surface area contributed by atoms with Gasteiger partial charge in [0, 0.05) is 11.5 Å². The van der Waals surface area contributed by atoms with Crippen molar-refractivity contribution in [1.29, 1.82) is 0 Å². The van der Waals surface area contributed by atoms with Crippen molar-refractivity contribution in [2.24, 2.45) is 0 Å². The van der Waals surface area contributed by atoms with E-state index in [0.29, 0.717) is 0 Å². The molecule has 1 heterocycles. The molecule has 1 nitrogen and oxygen atoms in total. The third-order valence-corrected chi connectivity index (χ3v) is 4.35. The van der Waals surface area contributed by atoms with Gasteiger partial charge in [0.2, 0.25) is 5.78 Å². The molecule has 0 aliphatic heterocycles. The van der Waals surface area contributed by atoms with Gasteiger partial charge in [-0.15, -0.1) is 11.3 Å². The van der Waals surface area contributed by atoms with Crippen LogP contribution in [0.15, 0.2) is 41.8 Å². The summed E-state index contributed by atoms with van der Waals surface area (Å²) in [5, 5.41) is 1.97. The average Bonchev–Trinajstić information content (AvgIpc) is 3.38. The quantitative estimate of drug-likeness (QED) is 0.561. The van der Waals surface area contributed by atoms with Gasteiger partial charge >= 0.3 is 17.1 Å². The summed E-state index contributed by atoms with van der Waals surface area (Å²) >= 11 is 1.50. The van der Waals surface area contributed by atoms with Crippen LogP contribution < -0.4 is 0 Å². The molecule has 0 bridgehead atoms. The Morgan fingerprint density at radius 2 is 1.33 bits per heavy atom. The maximum Gasteiger partial charge on any atom is 2.00 e. The van der Waals surface area contributed by atoms with Crippen molar-refractivity contribution < 1.29 is 21.9 Å². The second-order valence-corrected chi connectivity index (χ2v) is 5.91. The number of carbonyl (C=O) groups is 1. The van der Waals surface area contributed by atoms with Crippen molar-refractivity contribution in [3.63, 3.8) is 0 Å². The molecule has 10 radical (unpaired) electrons. The van der Waals surface area contributed by atoms with Crippen LogP contribution in [0.3, 0.4) is 0 Å². The van der Waals surface area contributed by atoms with Crippen LogP contribution in [0, 0.1) is 63.7 Å². The molecule has 0 saturated heterocycles. The fourth-order valence-corrected chi connectivity index (χ4v) is 3.19. The van der Waals surface area contributed by atoms with Gasteiger partial charge in [-0.05, 0) is 74.8 Å². The second-order valence-electron chi connectivity index (χ2n) is 4.99. The number of hydrogen-bond acceptors (Lipinski definition) is 2. The predicted octanol–water partition coefficient (Wildman–Crippen LogP) is 4.75. The van der Waals surface area contributed by atoms with E-state index in [0.717, 1.165) is 21.9 Å². The zero-order valence-corrected chi connectivity index (χ0v) is 14.8. The molecule has 1 aromatic heterocycles. The first-order valence-electron chi connectivity index (χ1n) is 7.42. The van der Waals surface area contributed by atoms with Gasteiger partial charge in [-0.25, -0.2) is 0 Å². The van der Waals surface area contributed by atoms with Crippen LogP contribution in [-0.2, 0) is 17.1 Å². The first-order chi connectivity index (χ1) is 11.4. The molecule has 0 unspecified atom stereocenters. The number of thiophene rings is 1. The summed E-state index contributed by atoms with van der Waals surface area (Å²) in [7, 11) is 0. The van der Waals surface area contributed by atoms with Crippen LogP contribution in [0.2, 0.25) is 0 Å². The van der Waals surface area contributed by atoms with Gasteiger partial charge in [0.25, 0.3) is 0 Å². The van der Waals surface area contributed by atoms with E-state index in [9.17, 15) is 4.79 Å². The van der Waals surface area contributed by atoms with Crippen molar-refractivity contribution >= 4 is 17.1 Å². The van der Waals surface area contributed by atoms with Gasteiger partial charge in [0.1, 0.15) is 0 Å². The first kappa shape index (κ1) is 19.4. The van der Waals surface area contributed by atoms with Crippen LogP contribution in [-0.4, -0.2) is 5.78 Å². The third-order valence-electron chi connectivity index (χ3n) is 3.44. The zero-order chi connectivity index (χ0) is 15.9. The second kappa shape index (κ2) is 10.2. The molecule has 1 aromatic carbocycles. The minimum absolute atomic E-state index is 0. The molecule has 0 N–H and O–H groups in total. The molecular formula is C21H16FeOS+2. The molecule has 2 aliphatic rings. The SMILES string of the molecule is O=C(c1ccccc1)c1sccc1[C]1[CH][CH][CH][CH]1.[CH]1[CH][CH][CH][CH]1.[Fe+2]. The average molecular weight is 372 g/mol. The van der Waals surface area contributed by atoms with E-state index in [-0.39, 0.29) is 22.9 Å². The van der Waals surface area contributed by atoms with Crippen molar-refractivity contribution in [1.82, 2.24) is 0 Å². The van der Waals surface area contributed by atoms with Gasteiger partial charge < -0.3 is 0 Å². The Bertz CT molecular complexity index is 602. The predicted molar refractivity (Wildman–Crippen MR) is 95.2 cm³/mol. The van der Waals surface area contributed by atoms with E-state index in [2.05, 4.69) is 0 Å². The number of hydrogen-bond donors (Lipinski definition) is 0. The number of benzene rings is 1. The van der Waals surface area contributed by atoms with E-state index < -0.39 is 0 Å². The fraction of sp³-hybridized carbons (Fsp3) is 0.